The van der Waals surface area contributed by atoms with E-state index in [-0.39, 0.29) is 10.8 Å². The Morgan fingerprint density at radius 2 is 1.68 bits per heavy atom. The molecular formula is C20H32N4O3S. The molecule has 2 saturated heterocycles. The van der Waals surface area contributed by atoms with Gasteiger partial charge in [0.05, 0.1) is 11.4 Å². The van der Waals surface area contributed by atoms with E-state index >= 15 is 0 Å². The van der Waals surface area contributed by atoms with Crippen LogP contribution in [0.25, 0.3) is 0 Å². The van der Waals surface area contributed by atoms with E-state index in [4.69, 9.17) is 0 Å². The average Bonchev–Trinajstić information content (AvgIpc) is 2.69. The van der Waals surface area contributed by atoms with Crippen molar-refractivity contribution in [2.24, 2.45) is 0 Å². The topological polar surface area (TPSA) is 73.0 Å². The molecule has 3 rings (SSSR count). The van der Waals surface area contributed by atoms with Gasteiger partial charge >= 0.3 is 0 Å². The van der Waals surface area contributed by atoms with Gasteiger partial charge in [-0.25, -0.2) is 8.42 Å². The smallest absolute Gasteiger partial charge is 0.243 e. The number of carbonyl (C=O) groups is 1. The second-order valence-corrected chi connectivity index (χ2v) is 9.92. The van der Waals surface area contributed by atoms with Gasteiger partial charge in [0.25, 0.3) is 0 Å². The maximum atomic E-state index is 12.7. The van der Waals surface area contributed by atoms with Gasteiger partial charge in [0.1, 0.15) is 0 Å². The van der Waals surface area contributed by atoms with Crippen LogP contribution in [0, 0.1) is 0 Å². The summed E-state index contributed by atoms with van der Waals surface area (Å²) in [7, 11) is 0.676. The van der Waals surface area contributed by atoms with Gasteiger partial charge in [-0.1, -0.05) is 6.42 Å². The Morgan fingerprint density at radius 1 is 1.07 bits per heavy atom. The first-order valence-electron chi connectivity index (χ1n) is 10.1. The molecule has 0 radical (unpaired) electrons. The molecule has 7 nitrogen and oxygen atoms in total. The Kier molecular flexibility index (Phi) is 7.09. The van der Waals surface area contributed by atoms with Crippen LogP contribution in [-0.4, -0.2) is 81.3 Å². The van der Waals surface area contributed by atoms with Gasteiger partial charge in [0, 0.05) is 24.8 Å². The van der Waals surface area contributed by atoms with Crippen molar-refractivity contribution >= 4 is 21.6 Å². The minimum absolute atomic E-state index is 0.0759. The molecular weight excluding hydrogens is 376 g/mol. The highest BCUT2D eigenvalue weighted by Crippen LogP contribution is 2.22. The summed E-state index contributed by atoms with van der Waals surface area (Å²) >= 11 is 0. The number of likely N-dealkylation sites (tertiary alicyclic amines) is 1. The van der Waals surface area contributed by atoms with Gasteiger partial charge in [0.2, 0.25) is 15.9 Å². The number of nitrogens with one attached hydrogen (secondary N) is 1. The molecule has 1 aromatic rings. The van der Waals surface area contributed by atoms with Gasteiger partial charge in [-0.2, -0.15) is 4.31 Å². The number of likely N-dealkylation sites (N-methyl/N-ethyl adjacent to an activating group) is 1. The van der Waals surface area contributed by atoms with Crippen LogP contribution >= 0.6 is 0 Å². The molecule has 1 aromatic carbocycles. The molecule has 0 unspecified atom stereocenters. The molecule has 2 heterocycles. The minimum atomic E-state index is -3.44. The summed E-state index contributed by atoms with van der Waals surface area (Å²) in [4.78, 5) is 17.1. The molecule has 2 fully saturated rings. The molecule has 28 heavy (non-hydrogen) atoms. The molecule has 8 heteroatoms. The lowest BCUT2D eigenvalue weighted by Gasteiger charge is -2.34. The molecule has 0 spiro atoms. The molecule has 0 aliphatic carbocycles. The van der Waals surface area contributed by atoms with Crippen LogP contribution < -0.4 is 5.32 Å². The summed E-state index contributed by atoms with van der Waals surface area (Å²) in [6.45, 7) is 3.63. The van der Waals surface area contributed by atoms with Crippen molar-refractivity contribution in [1.29, 1.82) is 0 Å². The highest BCUT2D eigenvalue weighted by molar-refractivity contribution is 7.89. The van der Waals surface area contributed by atoms with E-state index in [9.17, 15) is 13.2 Å². The van der Waals surface area contributed by atoms with Crippen molar-refractivity contribution in [2.45, 2.75) is 43.0 Å². The van der Waals surface area contributed by atoms with Crippen LogP contribution in [0.3, 0.4) is 0 Å². The van der Waals surface area contributed by atoms with Gasteiger partial charge in [0.15, 0.2) is 0 Å². The number of sulfonamides is 1. The third kappa shape index (κ3) is 5.31. The Balaban J connectivity index is 1.54. The largest absolute Gasteiger partial charge is 0.325 e. The number of hydrogen-bond acceptors (Lipinski definition) is 5. The first kappa shape index (κ1) is 21.2. The van der Waals surface area contributed by atoms with Crippen molar-refractivity contribution < 1.29 is 13.2 Å². The zero-order valence-electron chi connectivity index (χ0n) is 16.9. The average molecular weight is 409 g/mol. The summed E-state index contributed by atoms with van der Waals surface area (Å²) < 4.78 is 26.9. The zero-order chi connectivity index (χ0) is 20.1. The van der Waals surface area contributed by atoms with E-state index in [1.54, 1.807) is 28.6 Å². The molecule has 2 aliphatic heterocycles. The highest BCUT2D eigenvalue weighted by Gasteiger charge is 2.26. The van der Waals surface area contributed by atoms with Crippen molar-refractivity contribution in [3.8, 4) is 0 Å². The fourth-order valence-corrected chi connectivity index (χ4v) is 5.47. The molecule has 156 valence electrons. The molecule has 0 atom stereocenters. The number of piperidine rings is 2. The number of anilines is 1. The zero-order valence-corrected chi connectivity index (χ0v) is 17.7. The van der Waals surface area contributed by atoms with E-state index < -0.39 is 10.0 Å². The number of nitrogens with zero attached hydrogens (tertiary/aromatic N) is 3. The standard InChI is InChI=1S/C20H32N4O3S/c1-22-14-10-18(11-15-22)23(2)16-20(25)21-17-6-8-19(9-7-17)28(26,27)24-12-4-3-5-13-24/h6-9,18H,3-5,10-16H2,1-2H3,(H,21,25). The van der Waals surface area contributed by atoms with Crippen molar-refractivity contribution in [3.63, 3.8) is 0 Å². The lowest BCUT2D eigenvalue weighted by Crippen LogP contribution is -2.44. The fraction of sp³-hybridized carbons (Fsp3) is 0.650. The maximum absolute atomic E-state index is 12.7. The highest BCUT2D eigenvalue weighted by atomic mass is 32.2. The van der Waals surface area contributed by atoms with Crippen molar-refractivity contribution in [1.82, 2.24) is 14.1 Å². The quantitative estimate of drug-likeness (QED) is 0.777. The van der Waals surface area contributed by atoms with Crippen LogP contribution in [0.2, 0.25) is 0 Å². The van der Waals surface area contributed by atoms with E-state index in [1.807, 2.05) is 7.05 Å². The second kappa shape index (κ2) is 9.35. The van der Waals surface area contributed by atoms with Gasteiger partial charge in [-0.3, -0.25) is 9.69 Å². The minimum Gasteiger partial charge on any atom is -0.325 e. The third-order valence-corrected chi connectivity index (χ3v) is 7.71. The van der Waals surface area contributed by atoms with E-state index in [0.29, 0.717) is 31.4 Å². The van der Waals surface area contributed by atoms with Crippen molar-refractivity contribution in [2.75, 3.05) is 52.1 Å². The Labute approximate surface area is 168 Å². The lowest BCUT2D eigenvalue weighted by atomic mass is 10.0. The molecule has 0 bridgehead atoms. The summed E-state index contributed by atoms with van der Waals surface area (Å²) in [5.41, 5.74) is 0.624. The molecule has 1 N–H and O–H groups in total. The first-order valence-corrected chi connectivity index (χ1v) is 11.6. The Morgan fingerprint density at radius 3 is 2.29 bits per heavy atom. The van der Waals surface area contributed by atoms with Crippen LogP contribution in [-0.2, 0) is 14.8 Å². The van der Waals surface area contributed by atoms with Gasteiger partial charge in [-0.15, -0.1) is 0 Å². The summed E-state index contributed by atoms with van der Waals surface area (Å²) in [6.07, 6.45) is 5.06. The van der Waals surface area contributed by atoms with Crippen molar-refractivity contribution in [3.05, 3.63) is 24.3 Å². The molecule has 0 saturated carbocycles. The van der Waals surface area contributed by atoms with E-state index in [0.717, 1.165) is 45.2 Å². The van der Waals surface area contributed by atoms with Gasteiger partial charge in [-0.05, 0) is 77.1 Å². The third-order valence-electron chi connectivity index (χ3n) is 5.80. The number of carbonyl (C=O) groups excluding carboxylic acids is 1. The second-order valence-electron chi connectivity index (χ2n) is 7.99. The molecule has 2 aliphatic rings. The van der Waals surface area contributed by atoms with Crippen LogP contribution in [0.5, 0.6) is 0 Å². The Bertz CT molecular complexity index is 752. The predicted molar refractivity (Wildman–Crippen MR) is 111 cm³/mol. The number of hydrogen-bond donors (Lipinski definition) is 1. The van der Waals surface area contributed by atoms with E-state index in [1.165, 1.54) is 0 Å². The summed E-state index contributed by atoms with van der Waals surface area (Å²) in [6, 6.07) is 6.94. The summed E-state index contributed by atoms with van der Waals surface area (Å²) in [5.74, 6) is -0.0759. The van der Waals surface area contributed by atoms with Crippen LogP contribution in [0.1, 0.15) is 32.1 Å². The SMILES string of the molecule is CN1CCC(N(C)CC(=O)Nc2ccc(S(=O)(=O)N3CCCCC3)cc2)CC1. The Hall–Kier alpha value is -1.48. The predicted octanol–water partition coefficient (Wildman–Crippen LogP) is 1.83. The normalized spacial score (nSPS) is 20.4. The number of benzene rings is 1. The van der Waals surface area contributed by atoms with Crippen LogP contribution in [0.4, 0.5) is 5.69 Å². The van der Waals surface area contributed by atoms with E-state index in [2.05, 4.69) is 22.2 Å². The fourth-order valence-electron chi connectivity index (χ4n) is 3.96. The molecule has 1 amide bonds. The number of amides is 1. The van der Waals surface area contributed by atoms with Crippen LogP contribution in [0.15, 0.2) is 29.2 Å². The summed E-state index contributed by atoms with van der Waals surface area (Å²) in [5, 5.41) is 2.88. The monoisotopic (exact) mass is 408 g/mol. The lowest BCUT2D eigenvalue weighted by molar-refractivity contribution is -0.117. The first-order chi connectivity index (χ1) is 13.4. The number of rotatable bonds is 6. The maximum Gasteiger partial charge on any atom is 0.243 e. The molecule has 0 aromatic heterocycles. The van der Waals surface area contributed by atoms with Gasteiger partial charge < -0.3 is 10.2 Å².